The van der Waals surface area contributed by atoms with Gasteiger partial charge in [-0.2, -0.15) is 0 Å². The molecular formula is C27H40N2O3. The van der Waals surface area contributed by atoms with E-state index in [2.05, 4.69) is 17.0 Å². The molecule has 0 aromatic heterocycles. The van der Waals surface area contributed by atoms with E-state index in [1.165, 1.54) is 24.8 Å². The molecule has 4 rings (SSSR count). The number of hydrogen-bond donors (Lipinski definition) is 0. The Morgan fingerprint density at radius 2 is 1.66 bits per heavy atom. The van der Waals surface area contributed by atoms with E-state index >= 15 is 0 Å². The molecule has 0 atom stereocenters. The highest BCUT2D eigenvalue weighted by molar-refractivity contribution is 5.84. The molecule has 32 heavy (non-hydrogen) atoms. The van der Waals surface area contributed by atoms with E-state index in [1.54, 1.807) is 0 Å². The van der Waals surface area contributed by atoms with Crippen molar-refractivity contribution in [1.29, 1.82) is 0 Å². The summed E-state index contributed by atoms with van der Waals surface area (Å²) in [6, 6.07) is 8.29. The fourth-order valence-electron chi connectivity index (χ4n) is 5.94. The van der Waals surface area contributed by atoms with Gasteiger partial charge in [0, 0.05) is 26.1 Å². The zero-order chi connectivity index (χ0) is 22.4. The maximum absolute atomic E-state index is 13.6. The summed E-state index contributed by atoms with van der Waals surface area (Å²) in [6.07, 6.45) is 12.6. The van der Waals surface area contributed by atoms with E-state index in [0.29, 0.717) is 19.1 Å². The first-order valence-corrected chi connectivity index (χ1v) is 12.8. The minimum atomic E-state index is -0.320. The number of piperidine rings is 1. The maximum Gasteiger partial charge on any atom is 0.228 e. The number of carbonyl (C=O) groups is 2. The van der Waals surface area contributed by atoms with Crippen LogP contribution in [0.4, 0.5) is 0 Å². The van der Waals surface area contributed by atoms with Gasteiger partial charge in [-0.05, 0) is 56.6 Å². The van der Waals surface area contributed by atoms with Gasteiger partial charge in [0.15, 0.2) is 0 Å². The largest absolute Gasteiger partial charge is 0.491 e. The van der Waals surface area contributed by atoms with Crippen LogP contribution in [0.25, 0.3) is 0 Å². The molecule has 3 aliphatic rings. The van der Waals surface area contributed by atoms with Gasteiger partial charge >= 0.3 is 0 Å². The average Bonchev–Trinajstić information content (AvgIpc) is 2.85. The Labute approximate surface area is 193 Å². The molecule has 176 valence electrons. The Morgan fingerprint density at radius 3 is 2.44 bits per heavy atom. The van der Waals surface area contributed by atoms with Gasteiger partial charge < -0.3 is 14.5 Å². The SMILES string of the molecule is CN1CCOc2ccccc2CCCCCC2(CCN(C(=O)C3CCCCC3)CC2)C1=O. The fraction of sp³-hybridized carbons (Fsp3) is 0.704. The zero-order valence-electron chi connectivity index (χ0n) is 19.8. The summed E-state index contributed by atoms with van der Waals surface area (Å²) in [5.41, 5.74) is 0.948. The third kappa shape index (κ3) is 5.29. The number of rotatable bonds is 1. The van der Waals surface area contributed by atoms with Crippen molar-refractivity contribution < 1.29 is 14.3 Å². The highest BCUT2D eigenvalue weighted by atomic mass is 16.5. The lowest BCUT2D eigenvalue weighted by Gasteiger charge is -2.43. The summed E-state index contributed by atoms with van der Waals surface area (Å²) in [5, 5.41) is 0. The van der Waals surface area contributed by atoms with Crippen LogP contribution in [0.3, 0.4) is 0 Å². The van der Waals surface area contributed by atoms with E-state index < -0.39 is 0 Å². The topological polar surface area (TPSA) is 49.9 Å². The number of hydrogen-bond acceptors (Lipinski definition) is 3. The van der Waals surface area contributed by atoms with Crippen LogP contribution in [0.1, 0.15) is 76.2 Å². The van der Waals surface area contributed by atoms with Crippen molar-refractivity contribution in [3.8, 4) is 5.75 Å². The summed E-state index contributed by atoms with van der Waals surface area (Å²) < 4.78 is 6.06. The monoisotopic (exact) mass is 440 g/mol. The molecular weight excluding hydrogens is 400 g/mol. The van der Waals surface area contributed by atoms with Crippen LogP contribution in [0.2, 0.25) is 0 Å². The number of carbonyl (C=O) groups excluding carboxylic acids is 2. The highest BCUT2D eigenvalue weighted by Gasteiger charge is 2.43. The lowest BCUT2D eigenvalue weighted by Crippen LogP contribution is -2.52. The normalized spacial score (nSPS) is 23.5. The molecule has 1 saturated heterocycles. The predicted octanol–water partition coefficient (Wildman–Crippen LogP) is 4.83. The van der Waals surface area contributed by atoms with Crippen molar-refractivity contribution in [3.05, 3.63) is 29.8 Å². The number of fused-ring (bicyclic) bond motifs is 1. The summed E-state index contributed by atoms with van der Waals surface area (Å²) in [5.74, 6) is 1.77. The van der Waals surface area contributed by atoms with E-state index in [-0.39, 0.29) is 17.2 Å². The van der Waals surface area contributed by atoms with Gasteiger partial charge in [-0.25, -0.2) is 0 Å². The third-order valence-electron chi connectivity index (χ3n) is 8.05. The number of amides is 2. The highest BCUT2D eigenvalue weighted by Crippen LogP contribution is 2.40. The van der Waals surface area contributed by atoms with Gasteiger partial charge in [0.2, 0.25) is 11.8 Å². The molecule has 0 radical (unpaired) electrons. The minimum absolute atomic E-state index is 0.218. The molecule has 1 aromatic rings. The van der Waals surface area contributed by atoms with E-state index in [9.17, 15) is 9.59 Å². The van der Waals surface area contributed by atoms with Crippen molar-refractivity contribution in [2.45, 2.75) is 77.0 Å². The summed E-state index contributed by atoms with van der Waals surface area (Å²) in [4.78, 5) is 30.6. The summed E-state index contributed by atoms with van der Waals surface area (Å²) in [7, 11) is 1.92. The van der Waals surface area contributed by atoms with Gasteiger partial charge in [0.1, 0.15) is 12.4 Å². The van der Waals surface area contributed by atoms with Crippen LogP contribution in [-0.4, -0.2) is 54.9 Å². The van der Waals surface area contributed by atoms with Gasteiger partial charge in [-0.3, -0.25) is 9.59 Å². The fourth-order valence-corrected chi connectivity index (χ4v) is 5.94. The first-order chi connectivity index (χ1) is 15.6. The van der Waals surface area contributed by atoms with Crippen LogP contribution >= 0.6 is 0 Å². The molecule has 0 unspecified atom stereocenters. The third-order valence-corrected chi connectivity index (χ3v) is 8.05. The molecule has 2 heterocycles. The van der Waals surface area contributed by atoms with Crippen LogP contribution in [0.5, 0.6) is 5.75 Å². The molecule has 1 saturated carbocycles. The van der Waals surface area contributed by atoms with Gasteiger partial charge in [-0.1, -0.05) is 50.3 Å². The predicted molar refractivity (Wildman–Crippen MR) is 127 cm³/mol. The van der Waals surface area contributed by atoms with E-state index in [0.717, 1.165) is 76.6 Å². The Morgan fingerprint density at radius 1 is 0.938 bits per heavy atom. The second-order valence-electron chi connectivity index (χ2n) is 10.2. The quantitative estimate of drug-likeness (QED) is 0.628. The molecule has 0 N–H and O–H groups in total. The Bertz CT molecular complexity index is 779. The van der Waals surface area contributed by atoms with Crippen LogP contribution < -0.4 is 4.74 Å². The number of para-hydroxylation sites is 1. The zero-order valence-corrected chi connectivity index (χ0v) is 19.8. The minimum Gasteiger partial charge on any atom is -0.491 e. The molecule has 2 amide bonds. The molecule has 1 spiro atoms. The molecule has 5 nitrogen and oxygen atoms in total. The second-order valence-corrected chi connectivity index (χ2v) is 10.2. The van der Waals surface area contributed by atoms with Gasteiger partial charge in [0.25, 0.3) is 0 Å². The number of aryl methyl sites for hydroxylation is 1. The van der Waals surface area contributed by atoms with Crippen molar-refractivity contribution in [2.24, 2.45) is 11.3 Å². The van der Waals surface area contributed by atoms with Crippen LogP contribution in [-0.2, 0) is 16.0 Å². The van der Waals surface area contributed by atoms with E-state index in [1.807, 2.05) is 24.1 Å². The number of likely N-dealkylation sites (N-methyl/N-ethyl adjacent to an activating group) is 1. The first-order valence-electron chi connectivity index (χ1n) is 12.8. The molecule has 2 aliphatic heterocycles. The standard InChI is InChI=1S/C27H40N2O3/c1-28-20-21-32-24-14-8-7-11-22(24)10-6-3-9-15-27(26(28)31)16-18-29(19-17-27)25(30)23-12-4-2-5-13-23/h7-8,11,14,23H,2-6,9-10,12-13,15-21H2,1H3. The van der Waals surface area contributed by atoms with Gasteiger partial charge in [-0.15, -0.1) is 0 Å². The molecule has 5 heteroatoms. The lowest BCUT2D eigenvalue weighted by atomic mass is 9.72. The first kappa shape index (κ1) is 23.1. The Balaban J connectivity index is 1.41. The number of likely N-dealkylation sites (tertiary alicyclic amines) is 1. The molecule has 1 aliphatic carbocycles. The van der Waals surface area contributed by atoms with Crippen molar-refractivity contribution >= 4 is 11.8 Å². The maximum atomic E-state index is 13.6. The Kier molecular flexibility index (Phi) is 7.75. The lowest BCUT2D eigenvalue weighted by molar-refractivity contribution is -0.149. The van der Waals surface area contributed by atoms with Crippen molar-refractivity contribution in [1.82, 2.24) is 9.80 Å². The van der Waals surface area contributed by atoms with Crippen LogP contribution in [0, 0.1) is 11.3 Å². The smallest absolute Gasteiger partial charge is 0.228 e. The molecule has 2 fully saturated rings. The Hall–Kier alpha value is -2.04. The average molecular weight is 441 g/mol. The van der Waals surface area contributed by atoms with Crippen molar-refractivity contribution in [2.75, 3.05) is 33.3 Å². The molecule has 0 bridgehead atoms. The van der Waals surface area contributed by atoms with E-state index in [4.69, 9.17) is 4.74 Å². The number of nitrogens with zero attached hydrogens (tertiary/aromatic N) is 2. The number of ether oxygens (including phenoxy) is 1. The summed E-state index contributed by atoms with van der Waals surface area (Å²) >= 11 is 0. The second kappa shape index (κ2) is 10.7. The van der Waals surface area contributed by atoms with Crippen LogP contribution in [0.15, 0.2) is 24.3 Å². The van der Waals surface area contributed by atoms with Crippen molar-refractivity contribution in [3.63, 3.8) is 0 Å². The van der Waals surface area contributed by atoms with Gasteiger partial charge in [0.05, 0.1) is 12.0 Å². The summed E-state index contributed by atoms with van der Waals surface area (Å²) in [6.45, 7) is 2.58. The number of benzene rings is 1. The molecule has 1 aromatic carbocycles.